The van der Waals surface area contributed by atoms with Crippen LogP contribution in [0.15, 0.2) is 63.8 Å². The summed E-state index contributed by atoms with van der Waals surface area (Å²) in [7, 11) is 0. The van der Waals surface area contributed by atoms with Gasteiger partial charge in [0.05, 0.1) is 0 Å². The average Bonchev–Trinajstić information content (AvgIpc) is 3.23. The molecule has 3 aromatic rings. The van der Waals surface area contributed by atoms with Crippen molar-refractivity contribution in [2.75, 3.05) is 11.1 Å². The van der Waals surface area contributed by atoms with Crippen LogP contribution < -0.4 is 10.9 Å². The van der Waals surface area contributed by atoms with Gasteiger partial charge >= 0.3 is 5.63 Å². The lowest BCUT2D eigenvalue weighted by molar-refractivity contribution is -0.119. The summed E-state index contributed by atoms with van der Waals surface area (Å²) in [6.45, 7) is 0. The zero-order chi connectivity index (χ0) is 18.5. The van der Waals surface area contributed by atoms with Gasteiger partial charge < -0.3 is 14.6 Å². The minimum atomic E-state index is -0.524. The van der Waals surface area contributed by atoms with Gasteiger partial charge in [-0.1, -0.05) is 18.2 Å². The standard InChI is InChI=1S/C20H14N2O4S/c23-17-8-5-11-9-12(6-7-16(11)26-17)21-18(24)15-10-27-20-14-4-2-1-3-13(14)19(25)22(15)20/h1-9,15,20H,10H2,(H,21,24)/t15-,20-/m0/s1. The summed E-state index contributed by atoms with van der Waals surface area (Å²) < 4.78 is 5.10. The molecule has 1 aromatic heterocycles. The van der Waals surface area contributed by atoms with Crippen molar-refractivity contribution in [3.63, 3.8) is 0 Å². The van der Waals surface area contributed by atoms with Crippen LogP contribution in [0, 0.1) is 0 Å². The number of nitrogens with one attached hydrogen (secondary N) is 1. The third-order valence-electron chi connectivity index (χ3n) is 4.88. The van der Waals surface area contributed by atoms with Crippen molar-refractivity contribution in [3.05, 3.63) is 76.1 Å². The van der Waals surface area contributed by atoms with Gasteiger partial charge in [0.25, 0.3) is 5.91 Å². The Balaban J connectivity index is 1.40. The van der Waals surface area contributed by atoms with Crippen LogP contribution in [0.1, 0.15) is 21.3 Å². The first-order chi connectivity index (χ1) is 13.1. The number of fused-ring (bicyclic) bond motifs is 4. The lowest BCUT2D eigenvalue weighted by atomic mass is 10.1. The second kappa shape index (κ2) is 5.99. The molecular weight excluding hydrogens is 364 g/mol. The van der Waals surface area contributed by atoms with Crippen LogP contribution in [-0.4, -0.2) is 28.5 Å². The molecule has 2 atom stereocenters. The van der Waals surface area contributed by atoms with Gasteiger partial charge in [-0.2, -0.15) is 0 Å². The molecule has 0 spiro atoms. The summed E-state index contributed by atoms with van der Waals surface area (Å²) in [4.78, 5) is 38.5. The van der Waals surface area contributed by atoms with Gasteiger partial charge in [0.15, 0.2) is 0 Å². The van der Waals surface area contributed by atoms with E-state index in [2.05, 4.69) is 5.32 Å². The second-order valence-electron chi connectivity index (χ2n) is 6.50. The molecule has 6 nitrogen and oxygen atoms in total. The summed E-state index contributed by atoms with van der Waals surface area (Å²) in [5.74, 6) is 0.239. The molecule has 0 aliphatic carbocycles. The zero-order valence-corrected chi connectivity index (χ0v) is 14.9. The maximum atomic E-state index is 12.9. The Labute approximate surface area is 158 Å². The smallest absolute Gasteiger partial charge is 0.336 e. The van der Waals surface area contributed by atoms with E-state index in [9.17, 15) is 14.4 Å². The van der Waals surface area contributed by atoms with Crippen molar-refractivity contribution < 1.29 is 14.0 Å². The first-order valence-electron chi connectivity index (χ1n) is 8.50. The Morgan fingerprint density at radius 2 is 1.96 bits per heavy atom. The molecule has 27 heavy (non-hydrogen) atoms. The predicted molar refractivity (Wildman–Crippen MR) is 103 cm³/mol. The Hall–Kier alpha value is -3.06. The highest BCUT2D eigenvalue weighted by atomic mass is 32.2. The minimum Gasteiger partial charge on any atom is -0.423 e. The van der Waals surface area contributed by atoms with E-state index < -0.39 is 11.7 Å². The van der Waals surface area contributed by atoms with E-state index in [1.54, 1.807) is 40.9 Å². The molecule has 5 rings (SSSR count). The lowest BCUT2D eigenvalue weighted by Crippen LogP contribution is -2.42. The van der Waals surface area contributed by atoms with E-state index in [-0.39, 0.29) is 17.2 Å². The van der Waals surface area contributed by atoms with Gasteiger partial charge in [0, 0.05) is 28.5 Å². The fourth-order valence-electron chi connectivity index (χ4n) is 3.62. The molecule has 2 aliphatic heterocycles. The molecule has 2 aliphatic rings. The van der Waals surface area contributed by atoms with Crippen LogP contribution in [0.4, 0.5) is 5.69 Å². The topological polar surface area (TPSA) is 79.6 Å². The van der Waals surface area contributed by atoms with Gasteiger partial charge in [-0.15, -0.1) is 11.8 Å². The quantitative estimate of drug-likeness (QED) is 0.694. The molecule has 134 valence electrons. The van der Waals surface area contributed by atoms with Crippen molar-refractivity contribution in [2.24, 2.45) is 0 Å². The molecule has 0 bridgehead atoms. The highest BCUT2D eigenvalue weighted by molar-refractivity contribution is 7.99. The van der Waals surface area contributed by atoms with Crippen molar-refractivity contribution in [1.29, 1.82) is 0 Å². The monoisotopic (exact) mass is 378 g/mol. The van der Waals surface area contributed by atoms with E-state index in [0.717, 1.165) is 10.9 Å². The summed E-state index contributed by atoms with van der Waals surface area (Å²) in [6.07, 6.45) is 0. The Morgan fingerprint density at radius 3 is 2.85 bits per heavy atom. The molecule has 1 fully saturated rings. The molecule has 1 saturated heterocycles. The Bertz CT molecular complexity index is 1160. The number of nitrogens with zero attached hydrogens (tertiary/aromatic N) is 1. The van der Waals surface area contributed by atoms with Gasteiger partial charge in [-0.05, 0) is 35.9 Å². The third kappa shape index (κ3) is 2.54. The number of rotatable bonds is 2. The minimum absolute atomic E-state index is 0.0963. The molecule has 0 saturated carbocycles. The molecule has 3 heterocycles. The SMILES string of the molecule is O=C(Nc1ccc2oc(=O)ccc2c1)[C@@H]1CS[C@H]2c3ccccc3C(=O)N12. The van der Waals surface area contributed by atoms with Crippen LogP contribution in [0.25, 0.3) is 11.0 Å². The molecule has 0 unspecified atom stereocenters. The van der Waals surface area contributed by atoms with E-state index in [4.69, 9.17) is 4.42 Å². The van der Waals surface area contributed by atoms with Crippen LogP contribution in [-0.2, 0) is 4.79 Å². The molecular formula is C20H14N2O4S. The maximum Gasteiger partial charge on any atom is 0.336 e. The summed E-state index contributed by atoms with van der Waals surface area (Å²) in [5.41, 5.74) is 2.29. The number of anilines is 1. The molecule has 2 aromatic carbocycles. The highest BCUT2D eigenvalue weighted by Crippen LogP contribution is 2.48. The number of thioether (sulfide) groups is 1. The number of hydrogen-bond donors (Lipinski definition) is 1. The largest absolute Gasteiger partial charge is 0.423 e. The Kier molecular flexibility index (Phi) is 3.58. The number of hydrogen-bond acceptors (Lipinski definition) is 5. The van der Waals surface area contributed by atoms with E-state index in [1.165, 1.54) is 6.07 Å². The second-order valence-corrected chi connectivity index (χ2v) is 7.61. The zero-order valence-electron chi connectivity index (χ0n) is 14.0. The third-order valence-corrected chi connectivity index (χ3v) is 6.19. The summed E-state index contributed by atoms with van der Waals surface area (Å²) in [6, 6.07) is 15.1. The van der Waals surface area contributed by atoms with E-state index in [0.29, 0.717) is 22.6 Å². The number of carbonyl (C=O) groups excluding carboxylic acids is 2. The van der Waals surface area contributed by atoms with Crippen LogP contribution in [0.5, 0.6) is 0 Å². The normalized spacial score (nSPS) is 20.6. The molecule has 1 N–H and O–H groups in total. The molecule has 0 radical (unpaired) electrons. The fraction of sp³-hybridized carbons (Fsp3) is 0.150. The van der Waals surface area contributed by atoms with Crippen molar-refractivity contribution in [2.45, 2.75) is 11.4 Å². The van der Waals surface area contributed by atoms with E-state index in [1.807, 2.05) is 24.3 Å². The van der Waals surface area contributed by atoms with Crippen molar-refractivity contribution in [1.82, 2.24) is 4.90 Å². The first kappa shape index (κ1) is 16.1. The fourth-order valence-corrected chi connectivity index (χ4v) is 5.08. The van der Waals surface area contributed by atoms with Crippen molar-refractivity contribution >= 4 is 40.2 Å². The van der Waals surface area contributed by atoms with Crippen molar-refractivity contribution in [3.8, 4) is 0 Å². The van der Waals surface area contributed by atoms with E-state index >= 15 is 0 Å². The first-order valence-corrected chi connectivity index (χ1v) is 9.55. The van der Waals surface area contributed by atoms with Crippen LogP contribution in [0.2, 0.25) is 0 Å². The predicted octanol–water partition coefficient (Wildman–Crippen LogP) is 3.00. The summed E-state index contributed by atoms with van der Waals surface area (Å²) in [5, 5.41) is 3.50. The summed E-state index contributed by atoms with van der Waals surface area (Å²) >= 11 is 1.61. The number of carbonyl (C=O) groups is 2. The number of amides is 2. The molecule has 7 heteroatoms. The van der Waals surface area contributed by atoms with Gasteiger partial charge in [0.1, 0.15) is 17.0 Å². The van der Waals surface area contributed by atoms with Crippen LogP contribution >= 0.6 is 11.8 Å². The van der Waals surface area contributed by atoms with Gasteiger partial charge in [-0.3, -0.25) is 9.59 Å². The molecule has 2 amide bonds. The maximum absolute atomic E-state index is 12.9. The lowest BCUT2D eigenvalue weighted by Gasteiger charge is -2.22. The highest BCUT2D eigenvalue weighted by Gasteiger charge is 2.48. The average molecular weight is 378 g/mol. The van der Waals surface area contributed by atoms with Gasteiger partial charge in [0.2, 0.25) is 5.91 Å². The van der Waals surface area contributed by atoms with Crippen LogP contribution in [0.3, 0.4) is 0 Å². The Morgan fingerprint density at radius 1 is 1.11 bits per heavy atom. The van der Waals surface area contributed by atoms with Gasteiger partial charge in [-0.25, -0.2) is 4.79 Å². The number of benzene rings is 2.